The number of carbonyl (C=O) groups excluding carboxylic acids is 5. The van der Waals surface area contributed by atoms with Gasteiger partial charge in [-0.15, -0.1) is 0 Å². The summed E-state index contributed by atoms with van der Waals surface area (Å²) in [7, 11) is 5.34. The van der Waals surface area contributed by atoms with Crippen LogP contribution in [0.5, 0.6) is 0 Å². The van der Waals surface area contributed by atoms with E-state index in [4.69, 9.17) is 14.2 Å². The predicted octanol–water partition coefficient (Wildman–Crippen LogP) is 13.2. The molecule has 5 aromatic rings. The standard InChI is InChI=1S/C75H89F7N8O8/c1-85(35-15-36-87(3)69(93)56-20-14-16-53(44-56)49-83-34-13-5-8-24-67(91)86(2)42-43-88-37-29-62(30-38-88)98-71(95)84-65-23-12-10-21-63(65)54-17-6-4-7-18-54)68(92)50-96-66-47-55-19-9-11-22-64(55)72(66)31-39-89(40-32-72)41-33-73(58-25-27-61(76)28-26-58)51-90(52-97-73)70(94)57-45-59(74(77,78)79)48-60(46-57)75(80,81)82/h4,6-7,9-10,12,14,16-21,23,25-28,44-46,48,62,66,83H,5,8,11,13,15,22,24,29-43,47,49-52H2,1-3H3,(H,84,95)/t66-,73-/m0/s1. The van der Waals surface area contributed by atoms with Gasteiger partial charge in [-0.05, 0) is 161 Å². The first-order chi connectivity index (χ1) is 47.0. The van der Waals surface area contributed by atoms with E-state index in [1.54, 1.807) is 34.9 Å². The lowest BCUT2D eigenvalue weighted by Gasteiger charge is -2.45. The summed E-state index contributed by atoms with van der Waals surface area (Å²) < 4.78 is 116. The Bertz CT molecular complexity index is 3600. The number of hydrogen-bond donors (Lipinski definition) is 2. The van der Waals surface area contributed by atoms with Gasteiger partial charge in [0.2, 0.25) is 11.8 Å². The van der Waals surface area contributed by atoms with Crippen molar-refractivity contribution in [3.8, 4) is 11.1 Å². The molecular weight excluding hydrogens is 1270 g/mol. The number of halogens is 7. The fraction of sp³-hybridized carbons (Fsp3) is 0.480. The Hall–Kier alpha value is -7.96. The summed E-state index contributed by atoms with van der Waals surface area (Å²) in [6.45, 7) is 6.12. The van der Waals surface area contributed by atoms with Crippen LogP contribution in [0.3, 0.4) is 0 Å². The van der Waals surface area contributed by atoms with Gasteiger partial charge in [0.25, 0.3) is 11.8 Å². The third kappa shape index (κ3) is 18.7. The highest BCUT2D eigenvalue weighted by molar-refractivity contribution is 5.95. The number of piperidine rings is 2. The van der Waals surface area contributed by atoms with Crippen LogP contribution in [0.25, 0.3) is 11.1 Å². The molecule has 3 aliphatic heterocycles. The Kier molecular flexibility index (Phi) is 24.4. The molecule has 2 atom stereocenters. The molecule has 3 fully saturated rings. The van der Waals surface area contributed by atoms with Crippen LogP contribution < -0.4 is 10.6 Å². The molecule has 10 rings (SSSR count). The molecule has 16 nitrogen and oxygen atoms in total. The van der Waals surface area contributed by atoms with Crippen molar-refractivity contribution in [2.45, 2.75) is 120 Å². The van der Waals surface area contributed by atoms with Crippen molar-refractivity contribution in [1.82, 2.24) is 34.7 Å². The number of nitrogens with zero attached hydrogens (tertiary/aromatic N) is 6. The molecule has 23 heteroatoms. The molecule has 5 aromatic carbocycles. The van der Waals surface area contributed by atoms with E-state index >= 15 is 0 Å². The van der Waals surface area contributed by atoms with Gasteiger partial charge >= 0.3 is 18.4 Å². The van der Waals surface area contributed by atoms with Crippen molar-refractivity contribution in [3.63, 3.8) is 0 Å². The highest BCUT2D eigenvalue weighted by Gasteiger charge is 2.51. The number of anilines is 1. The molecule has 3 saturated heterocycles. The van der Waals surface area contributed by atoms with Crippen molar-refractivity contribution >= 4 is 35.4 Å². The van der Waals surface area contributed by atoms with E-state index in [1.807, 2.05) is 79.8 Å². The normalized spacial score (nSPS) is 19.0. The molecule has 526 valence electrons. The lowest BCUT2D eigenvalue weighted by atomic mass is 9.69. The number of nitrogens with one attached hydrogen (secondary N) is 2. The zero-order chi connectivity index (χ0) is 69.6. The number of allylic oxidation sites excluding steroid dienone is 2. The van der Waals surface area contributed by atoms with Crippen LogP contribution in [0.4, 0.5) is 41.2 Å². The van der Waals surface area contributed by atoms with Crippen molar-refractivity contribution in [2.24, 2.45) is 5.41 Å². The SMILES string of the molecule is CN(CCN1CCC(OC(=O)Nc2ccccc2-c2ccccc2)CC1)C(=O)CCCCCNCc1cccc(C(=O)N(C)CCCN(C)C(=O)CO[C@H]2CC3=C(CCC=C3)C23CCN(CC[C@@]2(c4ccc(F)cc4)CN(C(=O)c4cc(C(F)(F)F)cc(C(F)(F)F)c4)CO2)CC3)c1. The molecule has 2 aliphatic carbocycles. The fourth-order valence-electron chi connectivity index (χ4n) is 14.3. The van der Waals surface area contributed by atoms with E-state index in [1.165, 1.54) is 35.4 Å². The van der Waals surface area contributed by atoms with Gasteiger partial charge in [-0.25, -0.2) is 9.18 Å². The van der Waals surface area contributed by atoms with Gasteiger partial charge in [-0.3, -0.25) is 24.5 Å². The molecule has 5 aliphatic rings. The van der Waals surface area contributed by atoms with Crippen LogP contribution in [0.2, 0.25) is 0 Å². The molecule has 0 radical (unpaired) electrons. The molecule has 3 heterocycles. The number of likely N-dealkylation sites (tertiary alicyclic amines) is 2. The molecule has 2 N–H and O–H groups in total. The highest BCUT2D eigenvalue weighted by Crippen LogP contribution is 2.55. The van der Waals surface area contributed by atoms with Gasteiger partial charge in [0.15, 0.2) is 0 Å². The third-order valence-corrected chi connectivity index (χ3v) is 20.1. The van der Waals surface area contributed by atoms with E-state index in [2.05, 4.69) is 32.6 Å². The minimum absolute atomic E-state index is 0.0242. The Balaban J connectivity index is 0.604. The maximum absolute atomic E-state index is 14.3. The summed E-state index contributed by atoms with van der Waals surface area (Å²) in [4.78, 5) is 77.7. The first kappa shape index (κ1) is 72.8. The number of carbonyl (C=O) groups is 5. The summed E-state index contributed by atoms with van der Waals surface area (Å²) >= 11 is 0. The maximum atomic E-state index is 14.3. The summed E-state index contributed by atoms with van der Waals surface area (Å²) in [5.41, 5.74) is 1.70. The minimum Gasteiger partial charge on any atom is -0.446 e. The zero-order valence-corrected chi connectivity index (χ0v) is 56.0. The molecule has 98 heavy (non-hydrogen) atoms. The molecular formula is C75H89F7N8O8. The van der Waals surface area contributed by atoms with Gasteiger partial charge in [-0.2, -0.15) is 26.3 Å². The summed E-state index contributed by atoms with van der Waals surface area (Å²) in [6.07, 6.45) is 2.37. The second-order valence-electron chi connectivity index (χ2n) is 26.7. The Labute approximate surface area is 569 Å². The van der Waals surface area contributed by atoms with Crippen molar-refractivity contribution in [2.75, 3.05) is 112 Å². The number of ether oxygens (including phenoxy) is 3. The van der Waals surface area contributed by atoms with E-state index in [9.17, 15) is 54.7 Å². The Morgan fingerprint density at radius 3 is 2.10 bits per heavy atom. The molecule has 5 amide bonds. The van der Waals surface area contributed by atoms with E-state index < -0.39 is 59.2 Å². The van der Waals surface area contributed by atoms with Crippen LogP contribution in [0.15, 0.2) is 145 Å². The first-order valence-corrected chi connectivity index (χ1v) is 34.1. The highest BCUT2D eigenvalue weighted by atomic mass is 19.4. The van der Waals surface area contributed by atoms with Gasteiger partial charge < -0.3 is 48.9 Å². The molecule has 0 aromatic heterocycles. The number of fused-ring (bicyclic) bond motifs is 1. The average Bonchev–Trinajstić information content (AvgIpc) is 1.57. The van der Waals surface area contributed by atoms with Crippen LogP contribution in [0.1, 0.15) is 126 Å². The smallest absolute Gasteiger partial charge is 0.416 e. The second kappa shape index (κ2) is 32.8. The lowest BCUT2D eigenvalue weighted by molar-refractivity contribution is -0.143. The third-order valence-electron chi connectivity index (χ3n) is 20.1. The fourth-order valence-corrected chi connectivity index (χ4v) is 14.3. The number of hydrogen-bond acceptors (Lipinski definition) is 11. The van der Waals surface area contributed by atoms with Gasteiger partial charge in [0, 0.05) is 102 Å². The van der Waals surface area contributed by atoms with Crippen molar-refractivity contribution < 1.29 is 68.9 Å². The number of rotatable bonds is 27. The van der Waals surface area contributed by atoms with E-state index in [0.29, 0.717) is 94.0 Å². The zero-order valence-electron chi connectivity index (χ0n) is 56.0. The largest absolute Gasteiger partial charge is 0.446 e. The van der Waals surface area contributed by atoms with Gasteiger partial charge in [0.1, 0.15) is 30.9 Å². The van der Waals surface area contributed by atoms with Gasteiger partial charge in [-0.1, -0.05) is 96.9 Å². The maximum Gasteiger partial charge on any atom is 0.416 e. The van der Waals surface area contributed by atoms with Crippen LogP contribution in [0, 0.1) is 11.2 Å². The van der Waals surface area contributed by atoms with E-state index in [0.717, 1.165) is 106 Å². The van der Waals surface area contributed by atoms with E-state index in [-0.39, 0.29) is 61.0 Å². The number of alkyl halides is 6. The number of para-hydroxylation sites is 1. The average molecular weight is 1360 g/mol. The number of unbranched alkanes of at least 4 members (excludes halogenated alkanes) is 2. The Morgan fingerprint density at radius 1 is 0.694 bits per heavy atom. The van der Waals surface area contributed by atoms with Crippen LogP contribution in [-0.4, -0.2) is 178 Å². The summed E-state index contributed by atoms with van der Waals surface area (Å²) in [6, 6.07) is 31.4. The van der Waals surface area contributed by atoms with Crippen molar-refractivity contribution in [3.05, 3.63) is 184 Å². The molecule has 0 bridgehead atoms. The Morgan fingerprint density at radius 2 is 1.38 bits per heavy atom. The number of amides is 5. The predicted molar refractivity (Wildman–Crippen MR) is 359 cm³/mol. The quantitative estimate of drug-likeness (QED) is 0.0381. The summed E-state index contributed by atoms with van der Waals surface area (Å²) in [5, 5.41) is 6.41. The van der Waals surface area contributed by atoms with Crippen LogP contribution in [-0.2, 0) is 48.3 Å². The molecule has 1 spiro atoms. The van der Waals surface area contributed by atoms with Gasteiger partial charge in [0.05, 0.1) is 29.5 Å². The lowest BCUT2D eigenvalue weighted by Crippen LogP contribution is -2.48. The monoisotopic (exact) mass is 1360 g/mol. The first-order valence-electron chi connectivity index (χ1n) is 34.1. The number of likely N-dealkylation sites (N-methyl/N-ethyl adjacent to an activating group) is 2. The number of benzene rings is 5. The molecule has 0 unspecified atom stereocenters. The second-order valence-corrected chi connectivity index (χ2v) is 26.7. The minimum atomic E-state index is -5.14. The topological polar surface area (TPSA) is 157 Å². The molecule has 0 saturated carbocycles. The summed E-state index contributed by atoms with van der Waals surface area (Å²) in [5.74, 6) is -1.76. The van der Waals surface area contributed by atoms with Crippen LogP contribution >= 0.6 is 0 Å². The van der Waals surface area contributed by atoms with Crippen molar-refractivity contribution in [1.29, 1.82) is 0 Å².